The van der Waals surface area contributed by atoms with Crippen LogP contribution in [0.4, 0.5) is 4.79 Å². The van der Waals surface area contributed by atoms with E-state index in [1.165, 1.54) is 0 Å². The number of amides is 1. The van der Waals surface area contributed by atoms with Gasteiger partial charge < -0.3 is 25.4 Å². The number of nitrogens with zero attached hydrogens (tertiary/aromatic N) is 4. The summed E-state index contributed by atoms with van der Waals surface area (Å²) in [6.45, 7) is 9.36. The van der Waals surface area contributed by atoms with E-state index < -0.39 is 11.7 Å². The maximum atomic E-state index is 12.1. The van der Waals surface area contributed by atoms with Crippen molar-refractivity contribution in [2.24, 2.45) is 4.99 Å². The highest BCUT2D eigenvalue weighted by Crippen LogP contribution is 2.13. The summed E-state index contributed by atoms with van der Waals surface area (Å²) in [6.07, 6.45) is 3.20. The number of aromatic nitrogens is 3. The average Bonchev–Trinajstić information content (AvgIpc) is 3.05. The van der Waals surface area contributed by atoms with E-state index in [-0.39, 0.29) is 36.1 Å². The Morgan fingerprint density at radius 1 is 1.39 bits per heavy atom. The van der Waals surface area contributed by atoms with Crippen molar-refractivity contribution in [3.63, 3.8) is 0 Å². The first-order chi connectivity index (χ1) is 14.2. The topological polar surface area (TPSA) is 115 Å². The number of rotatable bonds is 8. The number of aliphatic imine (C=N–C) groups is 1. The summed E-state index contributed by atoms with van der Waals surface area (Å²) in [4.78, 5) is 20.9. The third kappa shape index (κ3) is 9.58. The Kier molecular flexibility index (Phi) is 11.5. The molecule has 1 aliphatic heterocycles. The highest BCUT2D eigenvalue weighted by atomic mass is 127. The quantitative estimate of drug-likeness (QED) is 0.258. The lowest BCUT2D eigenvalue weighted by Crippen LogP contribution is -2.51. The monoisotopic (exact) mass is 551 g/mol. The van der Waals surface area contributed by atoms with Crippen LogP contribution in [-0.2, 0) is 29.0 Å². The first-order valence-electron chi connectivity index (χ1n) is 10.6. The lowest BCUT2D eigenvalue weighted by molar-refractivity contribution is 0.0502. The number of halogens is 1. The number of ether oxygens (including phenoxy) is 2. The van der Waals surface area contributed by atoms with Crippen molar-refractivity contribution < 1.29 is 14.3 Å². The van der Waals surface area contributed by atoms with E-state index in [4.69, 9.17) is 9.47 Å². The lowest BCUT2D eigenvalue weighted by atomic mass is 10.1. The molecule has 1 aliphatic rings. The fourth-order valence-electron chi connectivity index (χ4n) is 3.32. The number of carbonyl (C=O) groups excluding carboxylic acids is 1. The highest BCUT2D eigenvalue weighted by Gasteiger charge is 2.23. The van der Waals surface area contributed by atoms with Crippen LogP contribution in [0.3, 0.4) is 0 Å². The third-order valence-electron chi connectivity index (χ3n) is 4.61. The molecule has 0 radical (unpaired) electrons. The van der Waals surface area contributed by atoms with Gasteiger partial charge in [-0.15, -0.1) is 24.0 Å². The molecule has 1 aromatic rings. The third-order valence-corrected chi connectivity index (χ3v) is 4.61. The molecule has 1 aromatic heterocycles. The summed E-state index contributed by atoms with van der Waals surface area (Å²) < 4.78 is 12.4. The van der Waals surface area contributed by atoms with Gasteiger partial charge in [0.05, 0.1) is 6.54 Å². The Morgan fingerprint density at radius 2 is 2.13 bits per heavy atom. The molecule has 2 heterocycles. The lowest BCUT2D eigenvalue weighted by Gasteiger charge is -2.27. The normalized spacial score (nSPS) is 17.2. The predicted molar refractivity (Wildman–Crippen MR) is 131 cm³/mol. The molecule has 11 heteroatoms. The van der Waals surface area contributed by atoms with Crippen molar-refractivity contribution in [2.45, 2.75) is 84.2 Å². The van der Waals surface area contributed by atoms with Crippen molar-refractivity contribution in [1.82, 2.24) is 30.7 Å². The zero-order chi connectivity index (χ0) is 22.1. The summed E-state index contributed by atoms with van der Waals surface area (Å²) in [5, 5.41) is 14.2. The van der Waals surface area contributed by atoms with Crippen molar-refractivity contribution in [1.29, 1.82) is 0 Å². The van der Waals surface area contributed by atoms with Crippen LogP contribution in [0, 0.1) is 0 Å². The van der Waals surface area contributed by atoms with Gasteiger partial charge in [-0.1, -0.05) is 13.3 Å². The summed E-state index contributed by atoms with van der Waals surface area (Å²) in [6, 6.07) is 0.150. The summed E-state index contributed by atoms with van der Waals surface area (Å²) >= 11 is 0. The number of guanidine groups is 1. The van der Waals surface area contributed by atoms with Crippen molar-refractivity contribution >= 4 is 36.0 Å². The summed E-state index contributed by atoms with van der Waals surface area (Å²) in [5.74, 6) is 2.41. The van der Waals surface area contributed by atoms with Gasteiger partial charge in [-0.3, -0.25) is 4.99 Å². The molecule has 0 aliphatic carbocycles. The number of hydrogen-bond donors (Lipinski definition) is 3. The van der Waals surface area contributed by atoms with Gasteiger partial charge in [-0.25, -0.2) is 14.5 Å². The molecule has 2 atom stereocenters. The molecule has 3 N–H and O–H groups in total. The molecule has 0 fully saturated rings. The Hall–Kier alpha value is -1.63. The van der Waals surface area contributed by atoms with E-state index in [2.05, 4.69) is 37.9 Å². The van der Waals surface area contributed by atoms with Crippen LogP contribution in [0.15, 0.2) is 4.99 Å². The number of methoxy groups -OCH3 is 1. The largest absolute Gasteiger partial charge is 0.444 e. The van der Waals surface area contributed by atoms with Crippen LogP contribution in [0.25, 0.3) is 0 Å². The molecule has 2 unspecified atom stereocenters. The summed E-state index contributed by atoms with van der Waals surface area (Å²) in [7, 11) is 3.38. The number of hydrogen-bond acceptors (Lipinski definition) is 6. The molecule has 0 saturated heterocycles. The molecule has 0 aromatic carbocycles. The highest BCUT2D eigenvalue weighted by molar-refractivity contribution is 14.0. The average molecular weight is 551 g/mol. The molecule has 0 spiro atoms. The zero-order valence-electron chi connectivity index (χ0n) is 19.5. The molecule has 0 saturated carbocycles. The van der Waals surface area contributed by atoms with Crippen LogP contribution in [0.1, 0.15) is 58.6 Å². The second-order valence-corrected chi connectivity index (χ2v) is 8.52. The molecule has 2 rings (SSSR count). The Labute approximate surface area is 202 Å². The van der Waals surface area contributed by atoms with Crippen molar-refractivity contribution in [3.8, 4) is 0 Å². The van der Waals surface area contributed by atoms with E-state index in [1.807, 2.05) is 25.5 Å². The predicted octanol–water partition coefficient (Wildman–Crippen LogP) is 2.22. The Morgan fingerprint density at radius 3 is 2.74 bits per heavy atom. The zero-order valence-corrected chi connectivity index (χ0v) is 21.9. The smallest absolute Gasteiger partial charge is 0.407 e. The second kappa shape index (κ2) is 13.0. The fourth-order valence-corrected chi connectivity index (χ4v) is 3.32. The van der Waals surface area contributed by atoms with E-state index in [1.54, 1.807) is 14.2 Å². The first-order valence-corrected chi connectivity index (χ1v) is 10.6. The number of alkyl carbamates (subject to hydrolysis) is 1. The molecule has 178 valence electrons. The maximum Gasteiger partial charge on any atom is 0.407 e. The van der Waals surface area contributed by atoms with Crippen LogP contribution >= 0.6 is 24.0 Å². The van der Waals surface area contributed by atoms with Crippen LogP contribution in [-0.4, -0.2) is 65.2 Å². The van der Waals surface area contributed by atoms with Gasteiger partial charge in [0, 0.05) is 39.2 Å². The van der Waals surface area contributed by atoms with Gasteiger partial charge in [-0.2, -0.15) is 5.10 Å². The maximum absolute atomic E-state index is 12.1. The molecule has 10 nitrogen and oxygen atoms in total. The molecule has 31 heavy (non-hydrogen) atoms. The van der Waals surface area contributed by atoms with E-state index in [0.29, 0.717) is 24.9 Å². The molecule has 0 bridgehead atoms. The second-order valence-electron chi connectivity index (χ2n) is 8.52. The fraction of sp³-hybridized carbons (Fsp3) is 0.800. The van der Waals surface area contributed by atoms with E-state index in [9.17, 15) is 4.79 Å². The van der Waals surface area contributed by atoms with Gasteiger partial charge in [0.1, 0.15) is 18.0 Å². The minimum atomic E-state index is -0.518. The van der Waals surface area contributed by atoms with E-state index >= 15 is 0 Å². The Bertz CT molecular complexity index is 718. The molecule has 1 amide bonds. The van der Waals surface area contributed by atoms with Crippen molar-refractivity contribution in [2.75, 3.05) is 20.7 Å². The van der Waals surface area contributed by atoms with E-state index in [0.717, 1.165) is 38.1 Å². The molecular formula is C20H38IN7O3. The summed E-state index contributed by atoms with van der Waals surface area (Å²) in [5.41, 5.74) is -0.518. The Balaban J connectivity index is 0.00000480. The SMILES string of the molecule is CCCC(CNC(=NC)NC1CCc2nc(COC)nn2C1)NC(=O)OC(C)(C)C.I. The van der Waals surface area contributed by atoms with Gasteiger partial charge in [0.25, 0.3) is 0 Å². The number of fused-ring (bicyclic) bond motifs is 1. The van der Waals surface area contributed by atoms with Gasteiger partial charge in [-0.05, 0) is 33.6 Å². The van der Waals surface area contributed by atoms with Crippen LogP contribution in [0.2, 0.25) is 0 Å². The number of aryl methyl sites for hydroxylation is 1. The van der Waals surface area contributed by atoms with Gasteiger partial charge >= 0.3 is 6.09 Å². The number of carbonyl (C=O) groups is 1. The minimum absolute atomic E-state index is 0. The van der Waals surface area contributed by atoms with Gasteiger partial charge in [0.15, 0.2) is 11.8 Å². The van der Waals surface area contributed by atoms with Crippen LogP contribution < -0.4 is 16.0 Å². The van der Waals surface area contributed by atoms with Crippen LogP contribution in [0.5, 0.6) is 0 Å². The van der Waals surface area contributed by atoms with Crippen molar-refractivity contribution in [3.05, 3.63) is 11.6 Å². The minimum Gasteiger partial charge on any atom is -0.444 e. The molecular weight excluding hydrogens is 513 g/mol. The van der Waals surface area contributed by atoms with Gasteiger partial charge in [0.2, 0.25) is 0 Å². The standard InChI is InChI=1S/C20H37N7O3.HI/c1-7-8-14(24-19(28)30-20(2,3)4)11-22-18(21-5)23-15-9-10-17-25-16(13-29-6)26-27(17)12-15;/h14-15H,7-13H2,1-6H3,(H,24,28)(H2,21,22,23);1H. The number of nitrogens with one attached hydrogen (secondary N) is 3. The first kappa shape index (κ1) is 27.4.